The van der Waals surface area contributed by atoms with Crippen LogP contribution in [0.3, 0.4) is 0 Å². The van der Waals surface area contributed by atoms with Gasteiger partial charge in [0.15, 0.2) is 0 Å². The first kappa shape index (κ1) is 12.8. The van der Waals surface area contributed by atoms with Gasteiger partial charge in [0.25, 0.3) is 5.69 Å². The van der Waals surface area contributed by atoms with Crippen LogP contribution < -0.4 is 0 Å². The molecule has 100 valence electrons. The van der Waals surface area contributed by atoms with Crippen LogP contribution in [0.1, 0.15) is 0 Å². The third kappa shape index (κ3) is 2.31. The van der Waals surface area contributed by atoms with Crippen molar-refractivity contribution in [3.05, 3.63) is 57.2 Å². The van der Waals surface area contributed by atoms with Crippen LogP contribution in [-0.2, 0) is 0 Å². The van der Waals surface area contributed by atoms with Crippen LogP contribution in [0.2, 0.25) is 4.34 Å². The Morgan fingerprint density at radius 2 is 2.10 bits per heavy atom. The summed E-state index contributed by atoms with van der Waals surface area (Å²) in [4.78, 5) is 11.7. The lowest BCUT2D eigenvalue weighted by atomic mass is 10.0. The van der Waals surface area contributed by atoms with Crippen molar-refractivity contribution in [2.24, 2.45) is 0 Å². The maximum Gasteiger partial charge on any atom is 0.278 e. The van der Waals surface area contributed by atoms with E-state index in [0.717, 1.165) is 16.0 Å². The number of halogens is 1. The molecule has 20 heavy (non-hydrogen) atoms. The summed E-state index contributed by atoms with van der Waals surface area (Å²) < 4.78 is 0.605. The molecular formula is C13H8ClN3O2S. The van der Waals surface area contributed by atoms with Gasteiger partial charge in [-0.2, -0.15) is 5.10 Å². The van der Waals surface area contributed by atoms with Crippen molar-refractivity contribution in [1.82, 2.24) is 10.2 Å². The number of hydrogen-bond acceptors (Lipinski definition) is 4. The summed E-state index contributed by atoms with van der Waals surface area (Å²) in [6, 6.07) is 8.64. The fourth-order valence-corrected chi connectivity index (χ4v) is 3.02. The van der Waals surface area contributed by atoms with Gasteiger partial charge >= 0.3 is 0 Å². The van der Waals surface area contributed by atoms with Gasteiger partial charge in [-0.25, -0.2) is 0 Å². The van der Waals surface area contributed by atoms with Crippen molar-refractivity contribution in [1.29, 1.82) is 0 Å². The predicted molar refractivity (Wildman–Crippen MR) is 79.0 cm³/mol. The number of hydrogen-bond donors (Lipinski definition) is 1. The number of thiophene rings is 1. The molecule has 0 fully saturated rings. The number of nitro benzene ring substituents is 1. The van der Waals surface area contributed by atoms with Crippen LogP contribution in [0.25, 0.3) is 21.6 Å². The number of aromatic nitrogens is 2. The van der Waals surface area contributed by atoms with Crippen LogP contribution in [0, 0.1) is 10.1 Å². The number of aromatic amines is 1. The summed E-state index contributed by atoms with van der Waals surface area (Å²) >= 11 is 7.21. The second kappa shape index (κ2) is 5.07. The maximum atomic E-state index is 11.3. The minimum Gasteiger partial charge on any atom is -0.285 e. The number of nitrogens with one attached hydrogen (secondary N) is 1. The lowest BCUT2D eigenvalue weighted by Gasteiger charge is -2.03. The maximum absolute atomic E-state index is 11.3. The number of rotatable bonds is 3. The zero-order chi connectivity index (χ0) is 14.1. The van der Waals surface area contributed by atoms with E-state index >= 15 is 0 Å². The Balaban J connectivity index is 2.14. The van der Waals surface area contributed by atoms with Gasteiger partial charge in [-0.3, -0.25) is 15.2 Å². The van der Waals surface area contributed by atoms with Gasteiger partial charge in [-0.1, -0.05) is 17.7 Å². The molecule has 0 bridgehead atoms. The molecule has 0 amide bonds. The minimum atomic E-state index is -0.382. The number of benzene rings is 1. The lowest BCUT2D eigenvalue weighted by molar-refractivity contribution is -0.384. The standard InChI is InChI=1S/C13H8ClN3O2S/c14-13-4-3-12(20-13)10-2-1-8(5-11(10)17(18)19)9-6-15-16-7-9/h1-7H,(H,15,16). The van der Waals surface area contributed by atoms with Crippen molar-refractivity contribution >= 4 is 28.6 Å². The lowest BCUT2D eigenvalue weighted by Crippen LogP contribution is -1.91. The van der Waals surface area contributed by atoms with E-state index in [4.69, 9.17) is 11.6 Å². The number of nitro groups is 1. The third-order valence-electron chi connectivity index (χ3n) is 2.86. The molecule has 0 atom stereocenters. The average Bonchev–Trinajstić information content (AvgIpc) is 3.09. The van der Waals surface area contributed by atoms with Gasteiger partial charge in [-0.15, -0.1) is 11.3 Å². The van der Waals surface area contributed by atoms with Crippen LogP contribution in [0.4, 0.5) is 5.69 Å². The molecule has 5 nitrogen and oxygen atoms in total. The SMILES string of the molecule is O=[N+]([O-])c1cc(-c2cn[nH]c2)ccc1-c1ccc(Cl)s1. The molecule has 0 aliphatic heterocycles. The summed E-state index contributed by atoms with van der Waals surface area (Å²) in [6.07, 6.45) is 3.32. The highest BCUT2D eigenvalue weighted by Gasteiger charge is 2.18. The average molecular weight is 306 g/mol. The Morgan fingerprint density at radius 3 is 2.70 bits per heavy atom. The molecule has 3 aromatic rings. The van der Waals surface area contributed by atoms with Crippen molar-refractivity contribution in [3.63, 3.8) is 0 Å². The zero-order valence-corrected chi connectivity index (χ0v) is 11.6. The van der Waals surface area contributed by atoms with Gasteiger partial charge in [0.2, 0.25) is 0 Å². The second-order valence-corrected chi connectivity index (χ2v) is 5.79. The van der Waals surface area contributed by atoms with Crippen LogP contribution >= 0.6 is 22.9 Å². The first-order valence-electron chi connectivity index (χ1n) is 5.68. The molecule has 2 heterocycles. The summed E-state index contributed by atoms with van der Waals surface area (Å²) in [5.74, 6) is 0. The van der Waals surface area contributed by atoms with E-state index < -0.39 is 0 Å². The summed E-state index contributed by atoms with van der Waals surface area (Å²) in [7, 11) is 0. The van der Waals surface area contributed by atoms with E-state index in [-0.39, 0.29) is 10.6 Å². The molecule has 0 aliphatic carbocycles. The Kier molecular flexibility index (Phi) is 3.25. The zero-order valence-electron chi connectivity index (χ0n) is 10.0. The Morgan fingerprint density at radius 1 is 1.25 bits per heavy atom. The number of H-pyrrole nitrogens is 1. The van der Waals surface area contributed by atoms with Gasteiger partial charge in [0, 0.05) is 22.7 Å². The highest BCUT2D eigenvalue weighted by atomic mass is 35.5. The molecule has 0 spiro atoms. The minimum absolute atomic E-state index is 0.0576. The largest absolute Gasteiger partial charge is 0.285 e. The van der Waals surface area contributed by atoms with Crippen LogP contribution in [0.15, 0.2) is 42.7 Å². The van der Waals surface area contributed by atoms with Crippen LogP contribution in [0.5, 0.6) is 0 Å². The fraction of sp³-hybridized carbons (Fsp3) is 0. The van der Waals surface area contributed by atoms with E-state index in [9.17, 15) is 10.1 Å². The highest BCUT2D eigenvalue weighted by molar-refractivity contribution is 7.19. The molecule has 7 heteroatoms. The quantitative estimate of drug-likeness (QED) is 0.577. The predicted octanol–water partition coefficient (Wildman–Crippen LogP) is 4.37. The van der Waals surface area contributed by atoms with E-state index in [1.165, 1.54) is 11.3 Å². The summed E-state index contributed by atoms with van der Waals surface area (Å²) in [5.41, 5.74) is 2.18. The molecule has 3 rings (SSSR count). The Hall–Kier alpha value is -2.18. The number of nitrogens with zero attached hydrogens (tertiary/aromatic N) is 2. The van der Waals surface area contributed by atoms with E-state index in [1.54, 1.807) is 36.7 Å². The van der Waals surface area contributed by atoms with Gasteiger partial charge in [0.05, 0.1) is 21.0 Å². The smallest absolute Gasteiger partial charge is 0.278 e. The van der Waals surface area contributed by atoms with Crippen molar-refractivity contribution < 1.29 is 4.92 Å². The second-order valence-electron chi connectivity index (χ2n) is 4.08. The first-order chi connectivity index (χ1) is 9.65. The van der Waals surface area contributed by atoms with E-state index in [0.29, 0.717) is 9.90 Å². The van der Waals surface area contributed by atoms with Crippen molar-refractivity contribution in [3.8, 4) is 21.6 Å². The van der Waals surface area contributed by atoms with Gasteiger partial charge in [-0.05, 0) is 23.8 Å². The Bertz CT molecular complexity index is 768. The highest BCUT2D eigenvalue weighted by Crippen LogP contribution is 2.38. The van der Waals surface area contributed by atoms with Crippen LogP contribution in [-0.4, -0.2) is 15.1 Å². The van der Waals surface area contributed by atoms with E-state index in [2.05, 4.69) is 10.2 Å². The van der Waals surface area contributed by atoms with E-state index in [1.807, 2.05) is 6.07 Å². The molecule has 1 aromatic carbocycles. The molecule has 0 radical (unpaired) electrons. The molecular weight excluding hydrogens is 298 g/mol. The Labute approximate surface area is 123 Å². The topological polar surface area (TPSA) is 71.8 Å². The third-order valence-corrected chi connectivity index (χ3v) is 4.13. The molecule has 0 saturated carbocycles. The first-order valence-corrected chi connectivity index (χ1v) is 6.88. The molecule has 1 N–H and O–H groups in total. The normalized spacial score (nSPS) is 10.7. The summed E-state index contributed by atoms with van der Waals surface area (Å²) in [6.45, 7) is 0. The molecule has 0 saturated heterocycles. The monoisotopic (exact) mass is 305 g/mol. The van der Waals surface area contributed by atoms with Crippen molar-refractivity contribution in [2.75, 3.05) is 0 Å². The van der Waals surface area contributed by atoms with Crippen molar-refractivity contribution in [2.45, 2.75) is 0 Å². The van der Waals surface area contributed by atoms with Gasteiger partial charge < -0.3 is 0 Å². The molecule has 2 aromatic heterocycles. The summed E-state index contributed by atoms with van der Waals surface area (Å²) in [5, 5.41) is 17.8. The fourth-order valence-electron chi connectivity index (χ4n) is 1.94. The van der Waals surface area contributed by atoms with Gasteiger partial charge in [0.1, 0.15) is 0 Å². The molecule has 0 aliphatic rings. The molecule has 0 unspecified atom stereocenters.